The second kappa shape index (κ2) is 8.37. The number of aryl methyl sites for hydroxylation is 2. The summed E-state index contributed by atoms with van der Waals surface area (Å²) in [5.41, 5.74) is 3.29. The molecule has 0 saturated carbocycles. The molecule has 0 aliphatic rings. The Kier molecular flexibility index (Phi) is 6.49. The highest BCUT2D eigenvalue weighted by Crippen LogP contribution is 2.22. The molecule has 23 heavy (non-hydrogen) atoms. The van der Waals surface area contributed by atoms with E-state index in [1.165, 1.54) is 5.56 Å². The van der Waals surface area contributed by atoms with Gasteiger partial charge in [-0.1, -0.05) is 66.0 Å². The number of hydrogen-bond donors (Lipinski definition) is 1. The molecular weight excluding hydrogens is 329 g/mol. The quantitative estimate of drug-likeness (QED) is 0.732. The molecule has 122 valence electrons. The standard InChI is InChI=1S/C19H21Cl2NO/c1-3-18(15-6-4-13(2)5-7-15)22-19(23)11-9-14-8-10-16(20)12-17(14)21/h4-8,10,12,18H,3,9,11H2,1-2H3,(H,22,23). The highest BCUT2D eigenvalue weighted by Gasteiger charge is 2.13. The van der Waals surface area contributed by atoms with Crippen LogP contribution in [0.3, 0.4) is 0 Å². The van der Waals surface area contributed by atoms with Crippen molar-refractivity contribution in [3.05, 3.63) is 69.2 Å². The number of amides is 1. The monoisotopic (exact) mass is 349 g/mol. The molecule has 0 spiro atoms. The Bertz CT molecular complexity index is 668. The lowest BCUT2D eigenvalue weighted by Gasteiger charge is -2.18. The number of hydrogen-bond acceptors (Lipinski definition) is 1. The molecule has 1 atom stereocenters. The number of carbonyl (C=O) groups excluding carboxylic acids is 1. The molecule has 4 heteroatoms. The molecule has 1 unspecified atom stereocenters. The highest BCUT2D eigenvalue weighted by atomic mass is 35.5. The van der Waals surface area contributed by atoms with Crippen LogP contribution in [0, 0.1) is 6.92 Å². The summed E-state index contributed by atoms with van der Waals surface area (Å²) in [4.78, 5) is 12.2. The third-order valence-corrected chi connectivity index (χ3v) is 4.45. The molecule has 2 aromatic carbocycles. The Morgan fingerprint density at radius 1 is 1.13 bits per heavy atom. The van der Waals surface area contributed by atoms with Gasteiger partial charge in [0.05, 0.1) is 6.04 Å². The third-order valence-electron chi connectivity index (χ3n) is 3.86. The number of nitrogens with one attached hydrogen (secondary N) is 1. The van der Waals surface area contributed by atoms with Crippen LogP contribution in [0.25, 0.3) is 0 Å². The molecule has 0 bridgehead atoms. The van der Waals surface area contributed by atoms with Crippen molar-refractivity contribution in [3.8, 4) is 0 Å². The fourth-order valence-electron chi connectivity index (χ4n) is 2.46. The summed E-state index contributed by atoms with van der Waals surface area (Å²) in [5, 5.41) is 4.31. The predicted molar refractivity (Wildman–Crippen MR) is 97.1 cm³/mol. The number of halogens is 2. The van der Waals surface area contributed by atoms with E-state index in [0.29, 0.717) is 22.9 Å². The Hall–Kier alpha value is -1.51. The van der Waals surface area contributed by atoms with Crippen molar-refractivity contribution < 1.29 is 4.79 Å². The van der Waals surface area contributed by atoms with Crippen LogP contribution in [-0.2, 0) is 11.2 Å². The van der Waals surface area contributed by atoms with Gasteiger partial charge in [-0.15, -0.1) is 0 Å². The summed E-state index contributed by atoms with van der Waals surface area (Å²) < 4.78 is 0. The summed E-state index contributed by atoms with van der Waals surface area (Å²) in [6, 6.07) is 13.7. The average molecular weight is 350 g/mol. The predicted octanol–water partition coefficient (Wildman–Crippen LogP) is 5.50. The molecule has 0 aliphatic carbocycles. The first-order valence-electron chi connectivity index (χ1n) is 7.79. The lowest BCUT2D eigenvalue weighted by Crippen LogP contribution is -2.28. The maximum absolute atomic E-state index is 12.2. The molecule has 2 aromatic rings. The second-order valence-electron chi connectivity index (χ2n) is 5.67. The first-order valence-corrected chi connectivity index (χ1v) is 8.55. The second-order valence-corrected chi connectivity index (χ2v) is 6.52. The third kappa shape index (κ3) is 5.26. The number of rotatable bonds is 6. The molecule has 0 fully saturated rings. The van der Waals surface area contributed by atoms with Crippen LogP contribution in [0.5, 0.6) is 0 Å². The molecule has 1 N–H and O–H groups in total. The Labute approximate surface area is 147 Å². The van der Waals surface area contributed by atoms with E-state index < -0.39 is 0 Å². The number of carbonyl (C=O) groups is 1. The minimum Gasteiger partial charge on any atom is -0.349 e. The first-order chi connectivity index (χ1) is 11.0. The Morgan fingerprint density at radius 2 is 1.83 bits per heavy atom. The van der Waals surface area contributed by atoms with E-state index in [1.807, 2.05) is 6.07 Å². The topological polar surface area (TPSA) is 29.1 Å². The first kappa shape index (κ1) is 17.8. The minimum atomic E-state index is 0.0310. The van der Waals surface area contributed by atoms with E-state index in [2.05, 4.69) is 43.4 Å². The van der Waals surface area contributed by atoms with E-state index >= 15 is 0 Å². The maximum atomic E-state index is 12.2. The van der Waals surface area contributed by atoms with Crippen LogP contribution >= 0.6 is 23.2 Å². The lowest BCUT2D eigenvalue weighted by atomic mass is 10.0. The van der Waals surface area contributed by atoms with Gasteiger partial charge in [-0.05, 0) is 43.0 Å². The van der Waals surface area contributed by atoms with E-state index in [-0.39, 0.29) is 11.9 Å². The molecule has 0 saturated heterocycles. The van der Waals surface area contributed by atoms with Crippen molar-refractivity contribution in [2.24, 2.45) is 0 Å². The smallest absolute Gasteiger partial charge is 0.220 e. The van der Waals surface area contributed by atoms with Crippen LogP contribution in [-0.4, -0.2) is 5.91 Å². The van der Waals surface area contributed by atoms with Crippen molar-refractivity contribution in [2.45, 2.75) is 39.2 Å². The SMILES string of the molecule is CCC(NC(=O)CCc1ccc(Cl)cc1Cl)c1ccc(C)cc1. The van der Waals surface area contributed by atoms with Gasteiger partial charge in [0.25, 0.3) is 0 Å². The summed E-state index contributed by atoms with van der Waals surface area (Å²) >= 11 is 12.0. The molecule has 0 aliphatic heterocycles. The van der Waals surface area contributed by atoms with Crippen molar-refractivity contribution >= 4 is 29.1 Å². The van der Waals surface area contributed by atoms with Gasteiger partial charge in [-0.2, -0.15) is 0 Å². The van der Waals surface area contributed by atoms with Crippen LogP contribution in [0.15, 0.2) is 42.5 Å². The summed E-state index contributed by atoms with van der Waals surface area (Å²) in [5.74, 6) is 0.0310. The summed E-state index contributed by atoms with van der Waals surface area (Å²) in [6.07, 6.45) is 1.87. The number of benzene rings is 2. The average Bonchev–Trinajstić information content (AvgIpc) is 2.52. The van der Waals surface area contributed by atoms with Gasteiger partial charge in [0.2, 0.25) is 5.91 Å². The Balaban J connectivity index is 1.93. The fraction of sp³-hybridized carbons (Fsp3) is 0.316. The van der Waals surface area contributed by atoms with E-state index in [9.17, 15) is 4.79 Å². The zero-order valence-corrected chi connectivity index (χ0v) is 14.9. The van der Waals surface area contributed by atoms with Gasteiger partial charge in [0, 0.05) is 16.5 Å². The fourth-order valence-corrected chi connectivity index (χ4v) is 2.96. The van der Waals surface area contributed by atoms with Crippen LogP contribution in [0.2, 0.25) is 10.0 Å². The van der Waals surface area contributed by atoms with Crippen molar-refractivity contribution in [1.29, 1.82) is 0 Å². The lowest BCUT2D eigenvalue weighted by molar-refractivity contribution is -0.121. The minimum absolute atomic E-state index is 0.0310. The van der Waals surface area contributed by atoms with E-state index in [0.717, 1.165) is 17.5 Å². The van der Waals surface area contributed by atoms with Crippen LogP contribution in [0.1, 0.15) is 42.5 Å². The zero-order chi connectivity index (χ0) is 16.8. The van der Waals surface area contributed by atoms with Crippen LogP contribution < -0.4 is 5.32 Å². The summed E-state index contributed by atoms with van der Waals surface area (Å²) in [6.45, 7) is 4.13. The van der Waals surface area contributed by atoms with Crippen molar-refractivity contribution in [3.63, 3.8) is 0 Å². The van der Waals surface area contributed by atoms with Gasteiger partial charge >= 0.3 is 0 Å². The van der Waals surface area contributed by atoms with Gasteiger partial charge in [-0.3, -0.25) is 4.79 Å². The van der Waals surface area contributed by atoms with E-state index in [4.69, 9.17) is 23.2 Å². The molecule has 0 heterocycles. The highest BCUT2D eigenvalue weighted by molar-refractivity contribution is 6.35. The van der Waals surface area contributed by atoms with Crippen molar-refractivity contribution in [2.75, 3.05) is 0 Å². The Morgan fingerprint density at radius 3 is 2.43 bits per heavy atom. The molecule has 2 nitrogen and oxygen atoms in total. The van der Waals surface area contributed by atoms with E-state index in [1.54, 1.807) is 12.1 Å². The zero-order valence-electron chi connectivity index (χ0n) is 13.4. The normalized spacial score (nSPS) is 12.0. The molecule has 0 radical (unpaired) electrons. The van der Waals surface area contributed by atoms with Gasteiger partial charge < -0.3 is 5.32 Å². The largest absolute Gasteiger partial charge is 0.349 e. The van der Waals surface area contributed by atoms with Gasteiger partial charge in [-0.25, -0.2) is 0 Å². The maximum Gasteiger partial charge on any atom is 0.220 e. The summed E-state index contributed by atoms with van der Waals surface area (Å²) in [7, 11) is 0. The molecular formula is C19H21Cl2NO. The molecule has 2 rings (SSSR count). The van der Waals surface area contributed by atoms with Gasteiger partial charge in [0.1, 0.15) is 0 Å². The molecule has 0 aromatic heterocycles. The van der Waals surface area contributed by atoms with Gasteiger partial charge in [0.15, 0.2) is 0 Å². The van der Waals surface area contributed by atoms with Crippen molar-refractivity contribution in [1.82, 2.24) is 5.32 Å². The van der Waals surface area contributed by atoms with Crippen LogP contribution in [0.4, 0.5) is 0 Å². The molecule has 1 amide bonds.